The molecule has 0 aliphatic carbocycles. The van der Waals surface area contributed by atoms with Crippen LogP contribution in [0.25, 0.3) is 0 Å². The van der Waals surface area contributed by atoms with Gasteiger partial charge in [0, 0.05) is 6.07 Å². The number of nitrogens with zero attached hydrogens (tertiary/aromatic N) is 3. The van der Waals surface area contributed by atoms with Crippen LogP contribution in [0.2, 0.25) is 0 Å². The average molecular weight is 524 g/mol. The van der Waals surface area contributed by atoms with Gasteiger partial charge in [-0.25, -0.2) is 4.98 Å². The van der Waals surface area contributed by atoms with Crippen LogP contribution in [0.15, 0.2) is 35.6 Å². The molecule has 9 heteroatoms. The third-order valence-electron chi connectivity index (χ3n) is 2.58. The van der Waals surface area contributed by atoms with Crippen LogP contribution >= 0.6 is 45.2 Å². The van der Waals surface area contributed by atoms with E-state index in [0.717, 1.165) is 18.5 Å². The third-order valence-corrected chi connectivity index (χ3v) is 4.18. The smallest absolute Gasteiger partial charge is 0.287 e. The van der Waals surface area contributed by atoms with E-state index in [0.29, 0.717) is 5.82 Å². The average Bonchev–Trinajstić information content (AvgIpc) is 2.47. The fourth-order valence-corrected chi connectivity index (χ4v) is 3.84. The van der Waals surface area contributed by atoms with E-state index in [1.807, 2.05) is 12.1 Å². The maximum absolute atomic E-state index is 10.5. The fraction of sp³-hybridized carbons (Fsp3) is 0.0769. The minimum absolute atomic E-state index is 0.0613. The van der Waals surface area contributed by atoms with Crippen LogP contribution in [0.3, 0.4) is 0 Å². The van der Waals surface area contributed by atoms with Gasteiger partial charge >= 0.3 is 0 Å². The number of nitro groups is 1. The van der Waals surface area contributed by atoms with Crippen molar-refractivity contribution in [2.45, 2.75) is 0 Å². The summed E-state index contributed by atoms with van der Waals surface area (Å²) in [5.74, 6) is 1.27. The zero-order chi connectivity index (χ0) is 16.1. The molecule has 2 rings (SSSR count). The molecule has 0 radical (unpaired) electrons. The second-order valence-corrected chi connectivity index (χ2v) is 6.37. The van der Waals surface area contributed by atoms with Crippen LogP contribution in [0, 0.1) is 17.3 Å². The van der Waals surface area contributed by atoms with Gasteiger partial charge in [-0.05, 0) is 68.9 Å². The normalized spacial score (nSPS) is 10.7. The second kappa shape index (κ2) is 7.67. The highest BCUT2D eigenvalue weighted by Gasteiger charge is 2.07. The van der Waals surface area contributed by atoms with Gasteiger partial charge in [-0.3, -0.25) is 15.5 Å². The van der Waals surface area contributed by atoms with E-state index in [-0.39, 0.29) is 5.69 Å². The number of hydrogen-bond acceptors (Lipinski definition) is 6. The predicted molar refractivity (Wildman–Crippen MR) is 101 cm³/mol. The second-order valence-electron chi connectivity index (χ2n) is 4.05. The zero-order valence-electron chi connectivity index (χ0n) is 11.3. The summed E-state index contributed by atoms with van der Waals surface area (Å²) in [5, 5.41) is 14.6. The highest BCUT2D eigenvalue weighted by Crippen LogP contribution is 2.28. The first-order valence-electron chi connectivity index (χ1n) is 5.94. The summed E-state index contributed by atoms with van der Waals surface area (Å²) in [6.45, 7) is 0. The number of ether oxygens (including phenoxy) is 1. The summed E-state index contributed by atoms with van der Waals surface area (Å²) in [4.78, 5) is 13.9. The summed E-state index contributed by atoms with van der Waals surface area (Å²) in [6, 6.07) is 6.74. The Balaban J connectivity index is 2.08. The van der Waals surface area contributed by atoms with Gasteiger partial charge in [0.25, 0.3) is 5.69 Å². The van der Waals surface area contributed by atoms with E-state index < -0.39 is 4.92 Å². The summed E-state index contributed by atoms with van der Waals surface area (Å²) in [5.41, 5.74) is 3.57. The number of methoxy groups -OCH3 is 1. The van der Waals surface area contributed by atoms with Crippen LogP contribution in [-0.2, 0) is 0 Å². The van der Waals surface area contributed by atoms with Crippen molar-refractivity contribution in [1.82, 2.24) is 4.98 Å². The van der Waals surface area contributed by atoms with Crippen LogP contribution in [0.1, 0.15) is 5.56 Å². The lowest BCUT2D eigenvalue weighted by molar-refractivity contribution is -0.385. The Kier molecular flexibility index (Phi) is 5.88. The van der Waals surface area contributed by atoms with Gasteiger partial charge in [-0.1, -0.05) is 0 Å². The maximum atomic E-state index is 10.5. The first-order valence-corrected chi connectivity index (χ1v) is 8.09. The molecule has 22 heavy (non-hydrogen) atoms. The Morgan fingerprint density at radius 2 is 2.05 bits per heavy atom. The van der Waals surface area contributed by atoms with E-state index in [9.17, 15) is 10.1 Å². The molecule has 0 amide bonds. The Labute approximate surface area is 153 Å². The number of benzene rings is 1. The molecule has 114 valence electrons. The number of pyridine rings is 1. The fourth-order valence-electron chi connectivity index (χ4n) is 1.58. The first kappa shape index (κ1) is 16.9. The third kappa shape index (κ3) is 4.25. The molecule has 0 fully saturated rings. The van der Waals surface area contributed by atoms with Crippen molar-refractivity contribution in [1.29, 1.82) is 0 Å². The first-order chi connectivity index (χ1) is 10.5. The highest BCUT2D eigenvalue weighted by molar-refractivity contribution is 14.1. The van der Waals surface area contributed by atoms with E-state index >= 15 is 0 Å². The molecule has 2 aromatic rings. The number of aromatic nitrogens is 1. The highest BCUT2D eigenvalue weighted by atomic mass is 127. The Hall–Kier alpha value is -1.50. The van der Waals surface area contributed by atoms with Crippen molar-refractivity contribution in [3.63, 3.8) is 0 Å². The molecule has 0 aliphatic rings. The van der Waals surface area contributed by atoms with Gasteiger partial charge in [0.2, 0.25) is 0 Å². The summed E-state index contributed by atoms with van der Waals surface area (Å²) < 4.78 is 7.27. The minimum Gasteiger partial charge on any atom is -0.495 e. The van der Waals surface area contributed by atoms with Gasteiger partial charge < -0.3 is 4.74 Å². The van der Waals surface area contributed by atoms with Crippen molar-refractivity contribution in [3.8, 4) is 5.75 Å². The summed E-state index contributed by atoms with van der Waals surface area (Å²) in [7, 11) is 1.63. The molecule has 1 aromatic carbocycles. The lowest BCUT2D eigenvalue weighted by Crippen LogP contribution is -1.97. The Morgan fingerprint density at radius 1 is 1.36 bits per heavy atom. The van der Waals surface area contributed by atoms with Crippen molar-refractivity contribution < 1.29 is 9.66 Å². The number of halogens is 2. The van der Waals surface area contributed by atoms with Crippen molar-refractivity contribution in [2.24, 2.45) is 5.10 Å². The van der Waals surface area contributed by atoms with Crippen LogP contribution in [0.4, 0.5) is 11.5 Å². The zero-order valence-corrected chi connectivity index (χ0v) is 15.6. The van der Waals surface area contributed by atoms with Gasteiger partial charge in [0.15, 0.2) is 0 Å². The molecule has 0 atom stereocenters. The quantitative estimate of drug-likeness (QED) is 0.280. The number of nitrogens with one attached hydrogen (secondary N) is 1. The Morgan fingerprint density at radius 3 is 2.55 bits per heavy atom. The lowest BCUT2D eigenvalue weighted by Gasteiger charge is -2.06. The summed E-state index contributed by atoms with van der Waals surface area (Å²) in [6.07, 6.45) is 2.82. The molecule has 0 spiro atoms. The molecule has 1 heterocycles. The molecular formula is C13H10I2N4O3. The van der Waals surface area contributed by atoms with E-state index in [4.69, 9.17) is 4.74 Å². The van der Waals surface area contributed by atoms with Crippen LogP contribution < -0.4 is 10.2 Å². The van der Waals surface area contributed by atoms with Gasteiger partial charge in [-0.15, -0.1) is 0 Å². The number of rotatable bonds is 5. The maximum Gasteiger partial charge on any atom is 0.287 e. The molecule has 0 aliphatic heterocycles. The molecule has 0 unspecified atom stereocenters. The number of anilines is 1. The molecule has 7 nitrogen and oxygen atoms in total. The monoisotopic (exact) mass is 524 g/mol. The SMILES string of the molecule is COc1c(I)cc(/C=N/Nc2ccc([N+](=O)[O-])cn2)cc1I. The molecular weight excluding hydrogens is 514 g/mol. The summed E-state index contributed by atoms with van der Waals surface area (Å²) >= 11 is 4.39. The van der Waals surface area contributed by atoms with Crippen molar-refractivity contribution >= 4 is 62.9 Å². The van der Waals surface area contributed by atoms with Crippen LogP contribution in [0.5, 0.6) is 5.75 Å². The van der Waals surface area contributed by atoms with Crippen molar-refractivity contribution in [3.05, 3.63) is 53.3 Å². The van der Waals surface area contributed by atoms with E-state index in [1.165, 1.54) is 18.3 Å². The Bertz CT molecular complexity index is 697. The van der Waals surface area contributed by atoms with Gasteiger partial charge in [0.05, 0.1) is 25.4 Å². The number of hydrogen-bond donors (Lipinski definition) is 1. The van der Waals surface area contributed by atoms with Crippen LogP contribution in [-0.4, -0.2) is 23.2 Å². The molecule has 1 N–H and O–H groups in total. The standard InChI is InChI=1S/C13H10I2N4O3/c1-22-13-10(14)4-8(5-11(13)15)6-17-18-12-3-2-9(7-16-12)19(20)21/h2-7H,1H3,(H,16,18)/b17-6+. The molecule has 0 bridgehead atoms. The van der Waals surface area contributed by atoms with E-state index in [1.54, 1.807) is 13.3 Å². The van der Waals surface area contributed by atoms with Crippen molar-refractivity contribution in [2.75, 3.05) is 12.5 Å². The minimum atomic E-state index is -0.499. The van der Waals surface area contributed by atoms with E-state index in [2.05, 4.69) is 60.7 Å². The largest absolute Gasteiger partial charge is 0.495 e. The van der Waals surface area contributed by atoms with Gasteiger partial charge in [-0.2, -0.15) is 5.10 Å². The number of hydrazone groups is 1. The predicted octanol–water partition coefficient (Wildman–Crippen LogP) is 3.65. The van der Waals surface area contributed by atoms with Gasteiger partial charge in [0.1, 0.15) is 17.8 Å². The topological polar surface area (TPSA) is 89.6 Å². The lowest BCUT2D eigenvalue weighted by atomic mass is 10.2. The molecule has 1 aromatic heterocycles. The molecule has 0 saturated carbocycles. The molecule has 0 saturated heterocycles.